The van der Waals surface area contributed by atoms with E-state index in [0.29, 0.717) is 0 Å². The Kier molecular flexibility index (Phi) is 12.3. The monoisotopic (exact) mass is 661 g/mol. The average Bonchev–Trinajstić information content (AvgIpc) is 3.41. The van der Waals surface area contributed by atoms with E-state index in [1.54, 1.807) is 0 Å². The van der Waals surface area contributed by atoms with E-state index in [1.807, 2.05) is 48.5 Å². The highest BCUT2D eigenvalue weighted by Gasteiger charge is 2.31. The molecular formula is C31H35N9O8. The highest BCUT2D eigenvalue weighted by Crippen LogP contribution is 2.44. The van der Waals surface area contributed by atoms with E-state index in [9.17, 15) is 28.8 Å². The van der Waals surface area contributed by atoms with Crippen LogP contribution in [0.3, 0.4) is 0 Å². The number of ether oxygens (including phenoxy) is 2. The molecule has 17 heteroatoms. The number of azide groups is 1. The van der Waals surface area contributed by atoms with Gasteiger partial charge in [0.15, 0.2) is 0 Å². The summed E-state index contributed by atoms with van der Waals surface area (Å²) in [4.78, 5) is 79.0. The third-order valence-corrected chi connectivity index (χ3v) is 7.49. The topological polar surface area (TPSA) is 242 Å². The van der Waals surface area contributed by atoms with Gasteiger partial charge in [-0.1, -0.05) is 66.3 Å². The molecule has 2 aromatic carbocycles. The predicted octanol–water partition coefficient (Wildman–Crippen LogP) is 0.722. The van der Waals surface area contributed by atoms with Crippen molar-refractivity contribution in [2.24, 2.45) is 5.11 Å². The molecule has 0 aromatic heterocycles. The molecule has 1 saturated heterocycles. The zero-order valence-electron chi connectivity index (χ0n) is 25.8. The van der Waals surface area contributed by atoms with Gasteiger partial charge >= 0.3 is 12.2 Å². The van der Waals surface area contributed by atoms with Gasteiger partial charge in [-0.15, -0.1) is 0 Å². The number of hydrogen-bond donors (Lipinski definition) is 6. The van der Waals surface area contributed by atoms with Gasteiger partial charge < -0.3 is 41.4 Å². The molecule has 2 aliphatic rings. The van der Waals surface area contributed by atoms with E-state index < -0.39 is 67.0 Å². The molecular weight excluding hydrogens is 626 g/mol. The largest absolute Gasteiger partial charge is 0.449 e. The molecule has 6 N–H and O–H groups in total. The van der Waals surface area contributed by atoms with Crippen molar-refractivity contribution in [3.63, 3.8) is 0 Å². The number of amides is 6. The number of nitrogens with one attached hydrogen (secondary N) is 6. The summed E-state index contributed by atoms with van der Waals surface area (Å²) in [5.41, 5.74) is 13.1. The number of fused-ring (bicyclic) bond motifs is 3. The summed E-state index contributed by atoms with van der Waals surface area (Å²) in [6.07, 6.45) is -0.799. The fraction of sp³-hybridized carbons (Fsp3) is 0.355. The number of benzene rings is 2. The molecule has 0 radical (unpaired) electrons. The number of nitrogens with zero attached hydrogens (tertiary/aromatic N) is 3. The van der Waals surface area contributed by atoms with Crippen LogP contribution in [0.1, 0.15) is 23.5 Å². The average molecular weight is 662 g/mol. The first kappa shape index (κ1) is 34.8. The predicted molar refractivity (Wildman–Crippen MR) is 170 cm³/mol. The lowest BCUT2D eigenvalue weighted by Gasteiger charge is -2.22. The van der Waals surface area contributed by atoms with E-state index in [2.05, 4.69) is 48.5 Å². The van der Waals surface area contributed by atoms with Crippen LogP contribution in [0, 0.1) is 0 Å². The minimum Gasteiger partial charge on any atom is -0.449 e. The standard InChI is InChI=1S/C31H35N9O8/c1-2-13-47-30(45)37-24-15-35-29(44)25(39-40-32)16-36-28(43)23(14-34-26(41)11-12-33-27(24)42)38-31(46)48-17-22-20-9-5-3-7-18(20)19-8-4-6-10-21(19)22/h2-10,22-25H,1,11-17H2,(H,33,42)(H,34,41)(H,35,44)(H,36,43)(H,37,45)(H,38,46)/t23-,24-,25-/m0/s1. The summed E-state index contributed by atoms with van der Waals surface area (Å²) in [5, 5.41) is 18.0. The lowest BCUT2D eigenvalue weighted by atomic mass is 9.98. The molecule has 0 unspecified atom stereocenters. The summed E-state index contributed by atoms with van der Waals surface area (Å²) < 4.78 is 10.4. The highest BCUT2D eigenvalue weighted by molar-refractivity contribution is 5.90. The van der Waals surface area contributed by atoms with Crippen molar-refractivity contribution in [1.82, 2.24) is 31.9 Å². The fourth-order valence-electron chi connectivity index (χ4n) is 5.14. The summed E-state index contributed by atoms with van der Waals surface area (Å²) in [6.45, 7) is 1.77. The molecule has 1 aliphatic carbocycles. The zero-order valence-corrected chi connectivity index (χ0v) is 25.8. The molecule has 3 atom stereocenters. The van der Waals surface area contributed by atoms with E-state index in [0.717, 1.165) is 22.3 Å². The Morgan fingerprint density at radius 3 is 2.02 bits per heavy atom. The SMILES string of the molecule is C=CCOC(=O)N[C@H]1CNC(=O)[C@@H](N=[N+]=[N-])CNC(=O)[C@@H](NC(=O)OCC2c3ccccc3-c3ccccc32)CNC(=O)CCNC1=O. The second-order valence-electron chi connectivity index (χ2n) is 10.7. The first-order valence-corrected chi connectivity index (χ1v) is 15.0. The molecule has 1 fully saturated rings. The van der Waals surface area contributed by atoms with Crippen LogP contribution in [-0.2, 0) is 28.7 Å². The Morgan fingerprint density at radius 1 is 0.833 bits per heavy atom. The van der Waals surface area contributed by atoms with Crippen molar-refractivity contribution >= 4 is 35.8 Å². The maximum Gasteiger partial charge on any atom is 0.408 e. The van der Waals surface area contributed by atoms with E-state index >= 15 is 0 Å². The third kappa shape index (κ3) is 9.23. The van der Waals surface area contributed by atoms with E-state index in [4.69, 9.17) is 15.0 Å². The van der Waals surface area contributed by atoms with Crippen LogP contribution in [0.25, 0.3) is 21.6 Å². The Hall–Kier alpha value is -6.09. The quantitative estimate of drug-likeness (QED) is 0.107. The normalized spacial score (nSPS) is 20.2. The first-order valence-electron chi connectivity index (χ1n) is 15.0. The Labute approximate surface area is 274 Å². The van der Waals surface area contributed by atoms with Gasteiger partial charge in [-0.2, -0.15) is 0 Å². The second-order valence-corrected chi connectivity index (χ2v) is 10.7. The van der Waals surface area contributed by atoms with Crippen LogP contribution in [-0.4, -0.2) is 93.3 Å². The molecule has 48 heavy (non-hydrogen) atoms. The van der Waals surface area contributed by atoms with Crippen molar-refractivity contribution < 1.29 is 38.2 Å². The second kappa shape index (κ2) is 17.0. The van der Waals surface area contributed by atoms with Crippen LogP contribution in [0.4, 0.5) is 9.59 Å². The van der Waals surface area contributed by atoms with Crippen molar-refractivity contribution in [3.8, 4) is 11.1 Å². The molecule has 0 saturated carbocycles. The third-order valence-electron chi connectivity index (χ3n) is 7.49. The van der Waals surface area contributed by atoms with Gasteiger partial charge in [0, 0.05) is 43.4 Å². The highest BCUT2D eigenvalue weighted by atomic mass is 16.6. The Morgan fingerprint density at radius 2 is 1.40 bits per heavy atom. The van der Waals surface area contributed by atoms with Crippen molar-refractivity contribution in [3.05, 3.63) is 82.8 Å². The fourth-order valence-corrected chi connectivity index (χ4v) is 5.14. The summed E-state index contributed by atoms with van der Waals surface area (Å²) in [7, 11) is 0. The van der Waals surface area contributed by atoms with Crippen LogP contribution in [0.5, 0.6) is 0 Å². The first-order chi connectivity index (χ1) is 23.2. The van der Waals surface area contributed by atoms with Gasteiger partial charge in [0.1, 0.15) is 31.3 Å². The molecule has 4 rings (SSSR count). The Balaban J connectivity index is 1.42. The smallest absolute Gasteiger partial charge is 0.408 e. The van der Waals surface area contributed by atoms with E-state index in [-0.39, 0.29) is 38.6 Å². The number of carbonyl (C=O) groups excluding carboxylic acids is 6. The van der Waals surface area contributed by atoms with Gasteiger partial charge in [0.05, 0.1) is 0 Å². The van der Waals surface area contributed by atoms with Crippen LogP contribution in [0.15, 0.2) is 66.3 Å². The molecule has 0 bridgehead atoms. The minimum atomic E-state index is -1.48. The van der Waals surface area contributed by atoms with Gasteiger partial charge in [0.2, 0.25) is 23.6 Å². The van der Waals surface area contributed by atoms with Gasteiger partial charge in [0.25, 0.3) is 0 Å². The molecule has 252 valence electrons. The van der Waals surface area contributed by atoms with Gasteiger partial charge in [-0.05, 0) is 27.8 Å². The summed E-state index contributed by atoms with van der Waals surface area (Å²) in [6, 6.07) is 11.4. The number of hydrogen-bond acceptors (Lipinski definition) is 9. The molecule has 2 aromatic rings. The molecule has 0 spiro atoms. The summed E-state index contributed by atoms with van der Waals surface area (Å²) in [5.74, 6) is -3.22. The maximum atomic E-state index is 13.2. The number of alkyl carbamates (subject to hydrolysis) is 2. The molecule has 1 aliphatic heterocycles. The number of carbonyl (C=O) groups is 6. The van der Waals surface area contributed by atoms with Gasteiger partial charge in [-0.25, -0.2) is 9.59 Å². The van der Waals surface area contributed by atoms with Crippen LogP contribution >= 0.6 is 0 Å². The maximum absolute atomic E-state index is 13.2. The lowest BCUT2D eigenvalue weighted by Crippen LogP contribution is -2.56. The van der Waals surface area contributed by atoms with Crippen LogP contribution in [0.2, 0.25) is 0 Å². The van der Waals surface area contributed by atoms with Crippen molar-refractivity contribution in [2.75, 3.05) is 39.4 Å². The minimum absolute atomic E-state index is 0.0266. The zero-order chi connectivity index (χ0) is 34.5. The lowest BCUT2D eigenvalue weighted by molar-refractivity contribution is -0.125. The van der Waals surface area contributed by atoms with Crippen molar-refractivity contribution in [1.29, 1.82) is 0 Å². The molecule has 1 heterocycles. The summed E-state index contributed by atoms with van der Waals surface area (Å²) >= 11 is 0. The molecule has 17 nitrogen and oxygen atoms in total. The van der Waals surface area contributed by atoms with Gasteiger partial charge in [-0.3, -0.25) is 19.2 Å². The van der Waals surface area contributed by atoms with Crippen molar-refractivity contribution in [2.45, 2.75) is 30.5 Å². The number of rotatable bonds is 7. The molecule has 6 amide bonds. The van der Waals surface area contributed by atoms with Crippen LogP contribution < -0.4 is 31.9 Å². The Bertz CT molecular complexity index is 1560. The van der Waals surface area contributed by atoms with E-state index in [1.165, 1.54) is 6.08 Å².